The molecule has 0 atom stereocenters. The molecule has 2 aromatic rings. The average Bonchev–Trinajstić information content (AvgIpc) is 2.76. The molecule has 0 amide bonds. The molecular weight excluding hydrogens is 176 g/mol. The van der Waals surface area contributed by atoms with Gasteiger partial charge in [0.05, 0.1) is 30.5 Å². The monoisotopic (exact) mass is 190 g/mol. The van der Waals surface area contributed by atoms with Crippen molar-refractivity contribution in [1.82, 2.24) is 19.3 Å². The van der Waals surface area contributed by atoms with Crippen LogP contribution in [0.25, 0.3) is 0 Å². The van der Waals surface area contributed by atoms with E-state index in [1.165, 1.54) is 5.69 Å². The molecule has 0 N–H and O–H groups in total. The van der Waals surface area contributed by atoms with Gasteiger partial charge < -0.3 is 4.57 Å². The first kappa shape index (κ1) is 8.99. The summed E-state index contributed by atoms with van der Waals surface area (Å²) in [6.07, 6.45) is 5.73. The van der Waals surface area contributed by atoms with E-state index in [-0.39, 0.29) is 0 Å². The summed E-state index contributed by atoms with van der Waals surface area (Å²) in [5, 5.41) is 4.34. The highest BCUT2D eigenvalue weighted by Gasteiger charge is 2.01. The number of hydrogen-bond acceptors (Lipinski definition) is 2. The van der Waals surface area contributed by atoms with Crippen LogP contribution in [-0.2, 0) is 13.1 Å². The van der Waals surface area contributed by atoms with Crippen molar-refractivity contribution in [1.29, 1.82) is 0 Å². The van der Waals surface area contributed by atoms with Gasteiger partial charge in [-0.25, -0.2) is 4.98 Å². The zero-order chi connectivity index (χ0) is 9.97. The van der Waals surface area contributed by atoms with E-state index in [1.807, 2.05) is 36.4 Å². The molecule has 2 aromatic heterocycles. The fourth-order valence-corrected chi connectivity index (χ4v) is 1.48. The molecule has 0 aliphatic rings. The summed E-state index contributed by atoms with van der Waals surface area (Å²) < 4.78 is 4.05. The largest absolute Gasteiger partial charge is 0.333 e. The molecule has 0 aliphatic heterocycles. The maximum atomic E-state index is 4.34. The summed E-state index contributed by atoms with van der Waals surface area (Å²) in [6.45, 7) is 5.85. The minimum atomic E-state index is 0.793. The van der Waals surface area contributed by atoms with Gasteiger partial charge in [-0.3, -0.25) is 4.68 Å². The van der Waals surface area contributed by atoms with Crippen LogP contribution < -0.4 is 0 Å². The Bertz CT molecular complexity index is 413. The predicted octanol–water partition coefficient (Wildman–Crippen LogP) is 1.46. The molecule has 0 radical (unpaired) electrons. The molecule has 0 unspecified atom stereocenters. The van der Waals surface area contributed by atoms with E-state index in [2.05, 4.69) is 21.6 Å². The highest BCUT2D eigenvalue weighted by molar-refractivity contribution is 5.01. The van der Waals surface area contributed by atoms with E-state index in [0.717, 1.165) is 18.8 Å². The maximum absolute atomic E-state index is 4.34. The van der Waals surface area contributed by atoms with Gasteiger partial charge in [0.1, 0.15) is 0 Å². The topological polar surface area (TPSA) is 35.6 Å². The molecule has 2 heterocycles. The number of rotatable bonds is 3. The summed E-state index contributed by atoms with van der Waals surface area (Å²) in [5.74, 6) is 0. The summed E-state index contributed by atoms with van der Waals surface area (Å²) in [6, 6.07) is 2.01. The minimum Gasteiger partial charge on any atom is -0.333 e. The lowest BCUT2D eigenvalue weighted by atomic mass is 10.4. The number of hydrogen-bond donors (Lipinski definition) is 0. The van der Waals surface area contributed by atoms with Gasteiger partial charge in [0, 0.05) is 12.7 Å². The lowest BCUT2D eigenvalue weighted by Crippen LogP contribution is -2.06. The Morgan fingerprint density at radius 1 is 1.43 bits per heavy atom. The first-order chi connectivity index (χ1) is 6.79. The normalized spacial score (nSPS) is 10.7. The maximum Gasteiger partial charge on any atom is 0.0948 e. The second kappa shape index (κ2) is 3.65. The van der Waals surface area contributed by atoms with Crippen LogP contribution in [0.2, 0.25) is 0 Å². The van der Waals surface area contributed by atoms with E-state index in [9.17, 15) is 0 Å². The van der Waals surface area contributed by atoms with E-state index in [1.54, 1.807) is 0 Å². The molecule has 4 heteroatoms. The van der Waals surface area contributed by atoms with Gasteiger partial charge >= 0.3 is 0 Å². The summed E-state index contributed by atoms with van der Waals surface area (Å²) in [7, 11) is 0. The molecular formula is C10H14N4. The van der Waals surface area contributed by atoms with Crippen molar-refractivity contribution in [2.75, 3.05) is 0 Å². The van der Waals surface area contributed by atoms with Crippen LogP contribution in [0.15, 0.2) is 24.8 Å². The molecule has 0 saturated carbocycles. The molecule has 2 rings (SSSR count). The Morgan fingerprint density at radius 2 is 2.29 bits per heavy atom. The van der Waals surface area contributed by atoms with Crippen LogP contribution >= 0.6 is 0 Å². The van der Waals surface area contributed by atoms with Gasteiger partial charge in [-0.1, -0.05) is 0 Å². The fourth-order valence-electron chi connectivity index (χ4n) is 1.48. The second-order valence-corrected chi connectivity index (χ2v) is 3.33. The molecule has 4 nitrogen and oxygen atoms in total. The molecule has 0 aromatic carbocycles. The van der Waals surface area contributed by atoms with Crippen molar-refractivity contribution in [2.45, 2.75) is 26.9 Å². The van der Waals surface area contributed by atoms with Crippen LogP contribution in [0.1, 0.15) is 18.3 Å². The number of imidazole rings is 1. The first-order valence-electron chi connectivity index (χ1n) is 4.78. The van der Waals surface area contributed by atoms with Crippen molar-refractivity contribution in [3.8, 4) is 0 Å². The van der Waals surface area contributed by atoms with E-state index < -0.39 is 0 Å². The van der Waals surface area contributed by atoms with Gasteiger partial charge in [0.15, 0.2) is 0 Å². The summed E-state index contributed by atoms with van der Waals surface area (Å²) >= 11 is 0. The average molecular weight is 190 g/mol. The Labute approximate surface area is 83.2 Å². The van der Waals surface area contributed by atoms with Crippen molar-refractivity contribution >= 4 is 0 Å². The lowest BCUT2D eigenvalue weighted by molar-refractivity contribution is 0.619. The zero-order valence-corrected chi connectivity index (χ0v) is 8.51. The van der Waals surface area contributed by atoms with Gasteiger partial charge in [0.2, 0.25) is 0 Å². The van der Waals surface area contributed by atoms with Crippen LogP contribution in [0.5, 0.6) is 0 Å². The Balaban J connectivity index is 2.18. The Hall–Kier alpha value is -1.58. The highest BCUT2D eigenvalue weighted by atomic mass is 15.3. The SMILES string of the molecule is CCn1cncc1Cn1ccc(C)n1. The number of aromatic nitrogens is 4. The van der Waals surface area contributed by atoms with E-state index >= 15 is 0 Å². The van der Waals surface area contributed by atoms with Gasteiger partial charge in [-0.05, 0) is 19.9 Å². The summed E-state index contributed by atoms with van der Waals surface area (Å²) in [5.41, 5.74) is 2.24. The van der Waals surface area contributed by atoms with Crippen molar-refractivity contribution < 1.29 is 0 Å². The Kier molecular flexibility index (Phi) is 2.35. The summed E-state index contributed by atoms with van der Waals surface area (Å²) in [4.78, 5) is 4.12. The van der Waals surface area contributed by atoms with Crippen molar-refractivity contribution in [3.63, 3.8) is 0 Å². The molecule has 0 saturated heterocycles. The smallest absolute Gasteiger partial charge is 0.0948 e. The second-order valence-electron chi connectivity index (χ2n) is 3.33. The van der Waals surface area contributed by atoms with Gasteiger partial charge in [-0.15, -0.1) is 0 Å². The lowest BCUT2D eigenvalue weighted by Gasteiger charge is -2.04. The number of aryl methyl sites for hydroxylation is 2. The molecule has 0 fully saturated rings. The number of nitrogens with zero attached hydrogens (tertiary/aromatic N) is 4. The van der Waals surface area contributed by atoms with Gasteiger partial charge in [-0.2, -0.15) is 5.10 Å². The quantitative estimate of drug-likeness (QED) is 0.734. The predicted molar refractivity (Wildman–Crippen MR) is 54.0 cm³/mol. The highest BCUT2D eigenvalue weighted by Crippen LogP contribution is 2.02. The molecule has 0 aliphatic carbocycles. The first-order valence-corrected chi connectivity index (χ1v) is 4.78. The van der Waals surface area contributed by atoms with Crippen molar-refractivity contribution in [3.05, 3.63) is 36.2 Å². The molecule has 74 valence electrons. The van der Waals surface area contributed by atoms with Crippen LogP contribution in [-0.4, -0.2) is 19.3 Å². The van der Waals surface area contributed by atoms with Crippen molar-refractivity contribution in [2.24, 2.45) is 0 Å². The van der Waals surface area contributed by atoms with E-state index in [4.69, 9.17) is 0 Å². The zero-order valence-electron chi connectivity index (χ0n) is 8.51. The third kappa shape index (κ3) is 1.69. The molecule has 0 spiro atoms. The Morgan fingerprint density at radius 3 is 2.93 bits per heavy atom. The third-order valence-corrected chi connectivity index (χ3v) is 2.24. The van der Waals surface area contributed by atoms with Gasteiger partial charge in [0.25, 0.3) is 0 Å². The minimum absolute atomic E-state index is 0.793. The van der Waals surface area contributed by atoms with Crippen LogP contribution in [0.3, 0.4) is 0 Å². The van der Waals surface area contributed by atoms with Crippen LogP contribution in [0.4, 0.5) is 0 Å². The third-order valence-electron chi connectivity index (χ3n) is 2.24. The fraction of sp³-hybridized carbons (Fsp3) is 0.400. The molecule has 14 heavy (non-hydrogen) atoms. The van der Waals surface area contributed by atoms with Crippen LogP contribution in [0, 0.1) is 6.92 Å². The standard InChI is InChI=1S/C10H14N4/c1-3-13-8-11-6-10(13)7-14-5-4-9(2)12-14/h4-6,8H,3,7H2,1-2H3. The molecule has 0 bridgehead atoms. The van der Waals surface area contributed by atoms with E-state index in [0.29, 0.717) is 0 Å².